The number of amides is 6. The monoisotopic (exact) mass is 1210 g/mol. The van der Waals surface area contributed by atoms with Gasteiger partial charge in [-0.1, -0.05) is 125 Å². The SMILES string of the molecule is CC[C@@H](C)C(=O)N[C@H](C(=O)N1CC[C@H](C)[C@H]1CN(CCc1ccccc1)C(=O)CCC(=O)c1ccc(-c2ccc(C(=O)NCC(=O)N(CCc3ccccc3)C[C@@H]3[C@@H](C)CCN3C(=O)[C@@H](CC(=O)[C@H](C)NC)C3CCOCC3)cc2)cc1)C1CCOCC1. The fourth-order valence-corrected chi connectivity index (χ4v) is 13.0. The Morgan fingerprint density at radius 3 is 1.59 bits per heavy atom. The summed E-state index contributed by atoms with van der Waals surface area (Å²) in [5, 5.41) is 9.03. The molecule has 4 aromatic rings. The van der Waals surface area contributed by atoms with E-state index in [-0.39, 0.29) is 115 Å². The molecule has 4 fully saturated rings. The lowest BCUT2D eigenvalue weighted by atomic mass is 9.80. The number of hydrogen-bond donors (Lipinski definition) is 3. The third-order valence-electron chi connectivity index (χ3n) is 19.4. The van der Waals surface area contributed by atoms with Crippen LogP contribution in [0.25, 0.3) is 11.1 Å². The third kappa shape index (κ3) is 18.1. The van der Waals surface area contributed by atoms with Crippen LogP contribution in [0, 0.1) is 35.5 Å². The van der Waals surface area contributed by atoms with Gasteiger partial charge in [-0.2, -0.15) is 0 Å². The molecule has 17 heteroatoms. The van der Waals surface area contributed by atoms with Gasteiger partial charge in [0.1, 0.15) is 11.8 Å². The molecule has 0 aliphatic carbocycles. The maximum absolute atomic E-state index is 14.7. The van der Waals surface area contributed by atoms with E-state index in [9.17, 15) is 38.4 Å². The van der Waals surface area contributed by atoms with E-state index in [1.807, 2.05) is 120 Å². The van der Waals surface area contributed by atoms with E-state index < -0.39 is 17.9 Å². The summed E-state index contributed by atoms with van der Waals surface area (Å²) in [6.07, 6.45) is 6.35. The van der Waals surface area contributed by atoms with Gasteiger partial charge in [-0.3, -0.25) is 38.4 Å². The lowest BCUT2D eigenvalue weighted by Gasteiger charge is -2.37. The van der Waals surface area contributed by atoms with E-state index in [0.29, 0.717) is 122 Å². The number of carbonyl (C=O) groups is 8. The van der Waals surface area contributed by atoms with Crippen LogP contribution in [0.4, 0.5) is 0 Å². The molecule has 8 rings (SSSR count). The number of carbonyl (C=O) groups excluding carboxylic acids is 8. The van der Waals surface area contributed by atoms with Crippen molar-refractivity contribution in [2.75, 3.05) is 79.3 Å². The second-order valence-corrected chi connectivity index (χ2v) is 25.1. The number of benzene rings is 4. The predicted molar refractivity (Wildman–Crippen MR) is 340 cm³/mol. The largest absolute Gasteiger partial charge is 0.381 e. The van der Waals surface area contributed by atoms with Gasteiger partial charge < -0.3 is 45.0 Å². The topological polar surface area (TPSA) is 204 Å². The number of rotatable bonds is 29. The summed E-state index contributed by atoms with van der Waals surface area (Å²) in [4.78, 5) is 120. The maximum atomic E-state index is 14.7. The molecule has 4 aromatic carbocycles. The highest BCUT2D eigenvalue weighted by atomic mass is 16.5. The average Bonchev–Trinajstić information content (AvgIpc) is 3.28. The number of nitrogens with zero attached hydrogens (tertiary/aromatic N) is 4. The summed E-state index contributed by atoms with van der Waals surface area (Å²) in [7, 11) is 1.75. The van der Waals surface area contributed by atoms with Crippen molar-refractivity contribution in [3.05, 3.63) is 131 Å². The molecule has 4 aliphatic rings. The standard InChI is InChI=1S/C71H95N7O10/c1-7-48(2)68(83)74-67(58-34-42-88-43-35-58)71(86)78-39-29-50(4)62(78)46-75(36-30-52-14-10-8-11-15-52)65(81)27-26-63(79)57-22-18-54(19-23-57)55-20-24-59(25-21-55)69(84)73-45-66(82)76(37-31-53-16-12-9-13-17-53)47-61-49(3)28-38-77(61)70(85)60(44-64(80)51(5)72-6)56-32-40-87-41-33-56/h8-25,48-51,56,58,60-62,67,72H,7,26-47H2,1-6H3,(H,73,84)(H,74,83)/t48-,49+,50+,51+,60+,61-,62-,67+/m1/s1. The summed E-state index contributed by atoms with van der Waals surface area (Å²) < 4.78 is 11.3. The lowest BCUT2D eigenvalue weighted by molar-refractivity contribution is -0.144. The van der Waals surface area contributed by atoms with Crippen LogP contribution in [-0.4, -0.2) is 170 Å². The van der Waals surface area contributed by atoms with E-state index in [4.69, 9.17) is 9.47 Å². The van der Waals surface area contributed by atoms with Crippen molar-refractivity contribution >= 4 is 47.0 Å². The van der Waals surface area contributed by atoms with Crippen molar-refractivity contribution in [1.82, 2.24) is 35.6 Å². The Morgan fingerprint density at radius 1 is 0.591 bits per heavy atom. The molecule has 0 saturated carbocycles. The van der Waals surface area contributed by atoms with Gasteiger partial charge in [-0.15, -0.1) is 0 Å². The average molecular weight is 1210 g/mol. The van der Waals surface area contributed by atoms with Crippen LogP contribution in [0.3, 0.4) is 0 Å². The van der Waals surface area contributed by atoms with Gasteiger partial charge in [0, 0.05) is 108 Å². The summed E-state index contributed by atoms with van der Waals surface area (Å²) in [5.41, 5.74) is 4.63. The van der Waals surface area contributed by atoms with Crippen LogP contribution in [0.2, 0.25) is 0 Å². The van der Waals surface area contributed by atoms with Gasteiger partial charge >= 0.3 is 0 Å². The van der Waals surface area contributed by atoms with Gasteiger partial charge in [0.2, 0.25) is 29.5 Å². The number of ether oxygens (including phenoxy) is 2. The highest BCUT2D eigenvalue weighted by Crippen LogP contribution is 2.35. The normalized spacial score (nSPS) is 20.3. The van der Waals surface area contributed by atoms with Crippen LogP contribution in [0.1, 0.15) is 131 Å². The molecule has 4 saturated heterocycles. The summed E-state index contributed by atoms with van der Waals surface area (Å²) in [6.45, 7) is 14.3. The number of Topliss-reactive ketones (excluding diaryl/α,β-unsaturated/α-hetero) is 2. The fraction of sp³-hybridized carbons (Fsp3) is 0.549. The van der Waals surface area contributed by atoms with E-state index in [2.05, 4.69) is 29.8 Å². The summed E-state index contributed by atoms with van der Waals surface area (Å²) >= 11 is 0. The van der Waals surface area contributed by atoms with Crippen molar-refractivity contribution < 1.29 is 47.8 Å². The molecule has 4 heterocycles. The maximum Gasteiger partial charge on any atom is 0.251 e. The van der Waals surface area contributed by atoms with E-state index in [1.165, 1.54) is 0 Å². The molecule has 0 radical (unpaired) electrons. The first-order valence-electron chi connectivity index (χ1n) is 32.4. The zero-order chi connectivity index (χ0) is 62.7. The minimum absolute atomic E-state index is 0.00104. The Morgan fingerprint density at radius 2 is 1.08 bits per heavy atom. The van der Waals surface area contributed by atoms with Crippen molar-refractivity contribution in [2.45, 2.75) is 136 Å². The number of hydrogen-bond acceptors (Lipinski definition) is 11. The van der Waals surface area contributed by atoms with Crippen LogP contribution in [-0.2, 0) is 51.1 Å². The van der Waals surface area contributed by atoms with Crippen molar-refractivity contribution in [1.29, 1.82) is 0 Å². The molecular weight excluding hydrogens is 1110 g/mol. The minimum Gasteiger partial charge on any atom is -0.381 e. The fourth-order valence-electron chi connectivity index (χ4n) is 13.0. The Hall–Kier alpha value is -7.08. The Labute approximate surface area is 521 Å². The van der Waals surface area contributed by atoms with E-state index >= 15 is 0 Å². The first-order chi connectivity index (χ1) is 42.5. The molecule has 17 nitrogen and oxygen atoms in total. The Balaban J connectivity index is 0.878. The second-order valence-electron chi connectivity index (χ2n) is 25.1. The summed E-state index contributed by atoms with van der Waals surface area (Å²) in [6, 6.07) is 32.6. The molecule has 0 unspecified atom stereocenters. The summed E-state index contributed by atoms with van der Waals surface area (Å²) in [5.74, 6) is -1.78. The van der Waals surface area contributed by atoms with Crippen LogP contribution in [0.5, 0.6) is 0 Å². The van der Waals surface area contributed by atoms with Gasteiger partial charge in [-0.05, 0) is 130 Å². The number of ketones is 2. The quantitative estimate of drug-likeness (QED) is 0.0442. The highest BCUT2D eigenvalue weighted by Gasteiger charge is 2.44. The molecular formula is C71H95N7O10. The molecule has 474 valence electrons. The molecule has 0 spiro atoms. The smallest absolute Gasteiger partial charge is 0.251 e. The Bertz CT molecular complexity index is 2750. The second kappa shape index (κ2) is 32.9. The molecule has 8 atom stereocenters. The number of likely N-dealkylation sites (tertiary alicyclic amines) is 2. The third-order valence-corrected chi connectivity index (χ3v) is 19.4. The zero-order valence-corrected chi connectivity index (χ0v) is 52.8. The molecule has 3 N–H and O–H groups in total. The van der Waals surface area contributed by atoms with Gasteiger partial charge in [0.15, 0.2) is 5.78 Å². The molecule has 88 heavy (non-hydrogen) atoms. The minimum atomic E-state index is -0.675. The molecule has 6 amide bonds. The van der Waals surface area contributed by atoms with Crippen LogP contribution >= 0.6 is 0 Å². The van der Waals surface area contributed by atoms with Crippen LogP contribution in [0.15, 0.2) is 109 Å². The van der Waals surface area contributed by atoms with E-state index in [0.717, 1.165) is 35.1 Å². The number of nitrogens with one attached hydrogen (secondary N) is 3. The highest BCUT2D eigenvalue weighted by molar-refractivity contribution is 5.99. The predicted octanol–water partition coefficient (Wildman–Crippen LogP) is 8.23. The first kappa shape index (κ1) is 66.9. The van der Waals surface area contributed by atoms with Crippen molar-refractivity contribution in [3.63, 3.8) is 0 Å². The first-order valence-corrected chi connectivity index (χ1v) is 32.4. The Kier molecular flexibility index (Phi) is 25.0. The van der Waals surface area contributed by atoms with Gasteiger partial charge in [0.05, 0.1) is 24.7 Å². The van der Waals surface area contributed by atoms with E-state index in [1.54, 1.807) is 36.2 Å². The zero-order valence-electron chi connectivity index (χ0n) is 52.8. The molecule has 0 aromatic heterocycles. The van der Waals surface area contributed by atoms with Crippen molar-refractivity contribution in [3.8, 4) is 11.1 Å². The van der Waals surface area contributed by atoms with Crippen molar-refractivity contribution in [2.24, 2.45) is 35.5 Å². The van der Waals surface area contributed by atoms with Gasteiger partial charge in [0.25, 0.3) is 5.91 Å². The lowest BCUT2D eigenvalue weighted by Crippen LogP contribution is -2.57. The number of likely N-dealkylation sites (N-methyl/N-ethyl adjacent to an activating group) is 1. The molecule has 0 bridgehead atoms. The molecule has 4 aliphatic heterocycles. The van der Waals surface area contributed by atoms with Crippen LogP contribution < -0.4 is 16.0 Å². The van der Waals surface area contributed by atoms with Gasteiger partial charge in [-0.25, -0.2) is 0 Å².